The van der Waals surface area contributed by atoms with Gasteiger partial charge in [0, 0.05) is 6.54 Å². The smallest absolute Gasteiger partial charge is 0.312 e. The summed E-state index contributed by atoms with van der Waals surface area (Å²) in [6.07, 6.45) is 3.11. The number of imide groups is 1. The van der Waals surface area contributed by atoms with E-state index in [-0.39, 0.29) is 29.0 Å². The predicted octanol–water partition coefficient (Wildman–Crippen LogP) is 1.73. The summed E-state index contributed by atoms with van der Waals surface area (Å²) in [5, 5.41) is 0. The maximum absolute atomic E-state index is 11.8. The van der Waals surface area contributed by atoms with Gasteiger partial charge in [-0.2, -0.15) is 0 Å². The minimum Gasteiger partial charge on any atom is -0.312 e. The van der Waals surface area contributed by atoms with Crippen LogP contribution < -0.4 is 0 Å². The standard InChI is InChI=1S/C9H10Cl2N2O2/c10-7(11)3-5-13-8(14)6-2-1-4-12(6)9(13)15/h3,6H,1-2,4-5H2. The number of urea groups is 1. The molecule has 0 bridgehead atoms. The van der Waals surface area contributed by atoms with Crippen molar-refractivity contribution in [1.29, 1.82) is 0 Å². The van der Waals surface area contributed by atoms with Crippen LogP contribution in [0.2, 0.25) is 0 Å². The quantitative estimate of drug-likeness (QED) is 0.699. The van der Waals surface area contributed by atoms with Crippen molar-refractivity contribution >= 4 is 35.1 Å². The van der Waals surface area contributed by atoms with Crippen LogP contribution >= 0.6 is 23.2 Å². The molecule has 0 aromatic carbocycles. The summed E-state index contributed by atoms with van der Waals surface area (Å²) >= 11 is 10.9. The van der Waals surface area contributed by atoms with E-state index in [0.717, 1.165) is 12.8 Å². The van der Waals surface area contributed by atoms with Gasteiger partial charge in [-0.05, 0) is 18.9 Å². The second kappa shape index (κ2) is 4.02. The first-order valence-electron chi connectivity index (χ1n) is 4.74. The summed E-state index contributed by atoms with van der Waals surface area (Å²) in [5.41, 5.74) is 0. The van der Waals surface area contributed by atoms with Gasteiger partial charge in [-0.3, -0.25) is 9.69 Å². The molecule has 6 heteroatoms. The molecular weight excluding hydrogens is 239 g/mol. The molecule has 2 aliphatic heterocycles. The zero-order valence-electron chi connectivity index (χ0n) is 7.95. The number of carbonyl (C=O) groups is 2. The topological polar surface area (TPSA) is 40.6 Å². The van der Waals surface area contributed by atoms with E-state index >= 15 is 0 Å². The molecule has 2 fully saturated rings. The summed E-state index contributed by atoms with van der Waals surface area (Å²) in [7, 11) is 0. The van der Waals surface area contributed by atoms with Crippen molar-refractivity contribution in [1.82, 2.24) is 9.80 Å². The van der Waals surface area contributed by atoms with Gasteiger partial charge < -0.3 is 4.90 Å². The third-order valence-electron chi connectivity index (χ3n) is 2.71. The van der Waals surface area contributed by atoms with Crippen LogP contribution in [0.25, 0.3) is 0 Å². The molecule has 2 saturated heterocycles. The van der Waals surface area contributed by atoms with Crippen molar-refractivity contribution in [3.63, 3.8) is 0 Å². The van der Waals surface area contributed by atoms with Gasteiger partial charge >= 0.3 is 6.03 Å². The third kappa shape index (κ3) is 1.84. The second-order valence-electron chi connectivity index (χ2n) is 3.58. The molecule has 0 saturated carbocycles. The zero-order chi connectivity index (χ0) is 11.0. The molecule has 0 spiro atoms. The third-order valence-corrected chi connectivity index (χ3v) is 3.02. The summed E-state index contributed by atoms with van der Waals surface area (Å²) < 4.78 is 0.0719. The van der Waals surface area contributed by atoms with E-state index in [0.29, 0.717) is 6.54 Å². The molecule has 2 aliphatic rings. The Morgan fingerprint density at radius 3 is 2.80 bits per heavy atom. The highest BCUT2D eigenvalue weighted by molar-refractivity contribution is 6.55. The molecule has 0 N–H and O–H groups in total. The Morgan fingerprint density at radius 1 is 1.47 bits per heavy atom. The number of amides is 3. The number of nitrogens with zero attached hydrogens (tertiary/aromatic N) is 2. The lowest BCUT2D eigenvalue weighted by atomic mass is 10.2. The molecule has 2 rings (SSSR count). The Labute approximate surface area is 97.4 Å². The van der Waals surface area contributed by atoms with Crippen LogP contribution in [0.4, 0.5) is 4.79 Å². The first kappa shape index (κ1) is 10.8. The fraction of sp³-hybridized carbons (Fsp3) is 0.556. The zero-order valence-corrected chi connectivity index (χ0v) is 9.46. The SMILES string of the molecule is O=C1C2CCCN2C(=O)N1CC=C(Cl)Cl. The number of hydrogen-bond acceptors (Lipinski definition) is 2. The minimum absolute atomic E-state index is 0.0719. The Bertz CT molecular complexity index is 317. The van der Waals surface area contributed by atoms with Crippen molar-refractivity contribution in [3.05, 3.63) is 10.6 Å². The van der Waals surface area contributed by atoms with Gasteiger partial charge in [-0.25, -0.2) is 4.79 Å². The molecule has 15 heavy (non-hydrogen) atoms. The molecule has 4 nitrogen and oxygen atoms in total. The molecule has 0 aliphatic carbocycles. The number of halogens is 2. The number of fused-ring (bicyclic) bond motifs is 1. The summed E-state index contributed by atoms with van der Waals surface area (Å²) in [6, 6.07) is -0.478. The summed E-state index contributed by atoms with van der Waals surface area (Å²) in [6.45, 7) is 0.830. The monoisotopic (exact) mass is 248 g/mol. The maximum atomic E-state index is 11.8. The highest BCUT2D eigenvalue weighted by Crippen LogP contribution is 2.27. The van der Waals surface area contributed by atoms with E-state index in [2.05, 4.69) is 0 Å². The van der Waals surface area contributed by atoms with E-state index in [9.17, 15) is 9.59 Å². The van der Waals surface area contributed by atoms with E-state index in [1.54, 1.807) is 4.90 Å². The first-order valence-corrected chi connectivity index (χ1v) is 5.50. The van der Waals surface area contributed by atoms with Crippen molar-refractivity contribution in [3.8, 4) is 0 Å². The van der Waals surface area contributed by atoms with Crippen LogP contribution in [-0.4, -0.2) is 40.9 Å². The second-order valence-corrected chi connectivity index (χ2v) is 4.58. The molecule has 0 radical (unpaired) electrons. The highest BCUT2D eigenvalue weighted by Gasteiger charge is 2.46. The van der Waals surface area contributed by atoms with Gasteiger partial charge in [0.2, 0.25) is 0 Å². The fourth-order valence-corrected chi connectivity index (χ4v) is 2.15. The summed E-state index contributed by atoms with van der Waals surface area (Å²) in [4.78, 5) is 26.3. The first-order chi connectivity index (χ1) is 7.11. The Morgan fingerprint density at radius 2 is 2.20 bits per heavy atom. The van der Waals surface area contributed by atoms with Crippen LogP contribution in [-0.2, 0) is 4.79 Å². The van der Waals surface area contributed by atoms with Crippen LogP contribution in [0.15, 0.2) is 10.6 Å². The Balaban J connectivity index is 2.11. The van der Waals surface area contributed by atoms with E-state index in [4.69, 9.17) is 23.2 Å². The number of rotatable bonds is 2. The van der Waals surface area contributed by atoms with Gasteiger partial charge in [-0.1, -0.05) is 23.2 Å². The van der Waals surface area contributed by atoms with Crippen molar-refractivity contribution in [2.24, 2.45) is 0 Å². The van der Waals surface area contributed by atoms with Gasteiger partial charge in [0.05, 0.1) is 6.54 Å². The normalized spacial score (nSPS) is 24.8. The lowest BCUT2D eigenvalue weighted by Crippen LogP contribution is -2.33. The van der Waals surface area contributed by atoms with Crippen LogP contribution in [0.1, 0.15) is 12.8 Å². The molecule has 2 heterocycles. The number of hydrogen-bond donors (Lipinski definition) is 0. The molecule has 1 unspecified atom stereocenters. The average molecular weight is 249 g/mol. The Hall–Kier alpha value is -0.740. The Kier molecular flexibility index (Phi) is 2.89. The van der Waals surface area contributed by atoms with Gasteiger partial charge in [0.15, 0.2) is 0 Å². The van der Waals surface area contributed by atoms with Gasteiger partial charge in [0.25, 0.3) is 5.91 Å². The van der Waals surface area contributed by atoms with Crippen molar-refractivity contribution < 1.29 is 9.59 Å². The fourth-order valence-electron chi connectivity index (χ4n) is 2.01. The van der Waals surface area contributed by atoms with Crippen LogP contribution in [0.3, 0.4) is 0 Å². The van der Waals surface area contributed by atoms with Crippen molar-refractivity contribution in [2.45, 2.75) is 18.9 Å². The average Bonchev–Trinajstić information content (AvgIpc) is 2.71. The van der Waals surface area contributed by atoms with Crippen LogP contribution in [0, 0.1) is 0 Å². The van der Waals surface area contributed by atoms with E-state index in [1.165, 1.54) is 11.0 Å². The minimum atomic E-state index is -0.250. The molecule has 0 aromatic rings. The van der Waals surface area contributed by atoms with E-state index in [1.807, 2.05) is 0 Å². The lowest BCUT2D eigenvalue weighted by molar-refractivity contribution is -0.127. The molecule has 1 atom stereocenters. The van der Waals surface area contributed by atoms with Crippen molar-refractivity contribution in [2.75, 3.05) is 13.1 Å². The number of carbonyl (C=O) groups excluding carboxylic acids is 2. The molecule has 82 valence electrons. The van der Waals surface area contributed by atoms with Gasteiger partial charge in [-0.15, -0.1) is 0 Å². The molecule has 3 amide bonds. The molecule has 0 aromatic heterocycles. The largest absolute Gasteiger partial charge is 0.327 e. The van der Waals surface area contributed by atoms with Gasteiger partial charge in [0.1, 0.15) is 10.5 Å². The highest BCUT2D eigenvalue weighted by atomic mass is 35.5. The molecular formula is C9H10Cl2N2O2. The maximum Gasteiger partial charge on any atom is 0.327 e. The lowest BCUT2D eigenvalue weighted by Gasteiger charge is -2.13. The van der Waals surface area contributed by atoms with E-state index < -0.39 is 0 Å². The van der Waals surface area contributed by atoms with Crippen LogP contribution in [0.5, 0.6) is 0 Å². The predicted molar refractivity (Wildman–Crippen MR) is 56.6 cm³/mol. The summed E-state index contributed by atoms with van der Waals surface area (Å²) in [5.74, 6) is -0.136.